The molecule has 0 spiro atoms. The molecule has 1 atom stereocenters. The van der Waals surface area contributed by atoms with Crippen molar-refractivity contribution in [2.75, 3.05) is 6.54 Å². The average molecular weight is 281 g/mol. The van der Waals surface area contributed by atoms with Gasteiger partial charge >= 0.3 is 0 Å². The van der Waals surface area contributed by atoms with Crippen LogP contribution in [0.3, 0.4) is 0 Å². The molecule has 0 N–H and O–H groups in total. The minimum absolute atomic E-state index is 0.0458. The molecule has 0 aliphatic carbocycles. The Bertz CT molecular complexity index is 692. The van der Waals surface area contributed by atoms with Gasteiger partial charge in [0.25, 0.3) is 5.91 Å². The van der Waals surface area contributed by atoms with E-state index in [0.29, 0.717) is 12.0 Å². The van der Waals surface area contributed by atoms with E-state index < -0.39 is 0 Å². The van der Waals surface area contributed by atoms with Crippen LogP contribution < -0.4 is 0 Å². The first kappa shape index (κ1) is 13.8. The van der Waals surface area contributed by atoms with E-state index in [4.69, 9.17) is 0 Å². The Balaban J connectivity index is 1.87. The zero-order chi connectivity index (χ0) is 14.8. The number of rotatable bonds is 3. The van der Waals surface area contributed by atoms with E-state index >= 15 is 0 Å². The fourth-order valence-electron chi connectivity index (χ4n) is 3.14. The summed E-state index contributed by atoms with van der Waals surface area (Å²) < 4.78 is 0. The maximum Gasteiger partial charge on any atom is 0.254 e. The van der Waals surface area contributed by atoms with Gasteiger partial charge < -0.3 is 4.90 Å². The van der Waals surface area contributed by atoms with E-state index in [1.807, 2.05) is 47.4 Å². The Morgan fingerprint density at radius 3 is 2.67 bits per heavy atom. The molecule has 3 rings (SSSR count). The summed E-state index contributed by atoms with van der Waals surface area (Å²) in [5.74, 6) is 0.197. The van der Waals surface area contributed by atoms with Crippen LogP contribution in [0.25, 0.3) is 10.8 Å². The number of carbonyl (C=O) groups is 2. The number of carbonyl (C=O) groups excluding carboxylic acids is 2. The molecule has 2 aromatic rings. The number of ketones is 1. The van der Waals surface area contributed by atoms with Gasteiger partial charge in [0.2, 0.25) is 0 Å². The Morgan fingerprint density at radius 1 is 1.14 bits per heavy atom. The minimum atomic E-state index is 0.0458. The highest BCUT2D eigenvalue weighted by Crippen LogP contribution is 2.24. The van der Waals surface area contributed by atoms with Crippen LogP contribution in [-0.4, -0.2) is 29.2 Å². The third-order valence-corrected chi connectivity index (χ3v) is 4.16. The summed E-state index contributed by atoms with van der Waals surface area (Å²) in [6, 6.07) is 13.9. The summed E-state index contributed by atoms with van der Waals surface area (Å²) in [6.07, 6.45) is 2.38. The van der Waals surface area contributed by atoms with Gasteiger partial charge in [0.05, 0.1) is 0 Å². The first-order valence-corrected chi connectivity index (χ1v) is 7.44. The highest BCUT2D eigenvalue weighted by atomic mass is 16.2. The fraction of sp³-hybridized carbons (Fsp3) is 0.333. The van der Waals surface area contributed by atoms with Gasteiger partial charge in [-0.15, -0.1) is 0 Å². The molecule has 2 aromatic carbocycles. The monoisotopic (exact) mass is 281 g/mol. The van der Waals surface area contributed by atoms with Gasteiger partial charge in [0.15, 0.2) is 0 Å². The number of likely N-dealkylation sites (tertiary alicyclic amines) is 1. The van der Waals surface area contributed by atoms with Crippen LogP contribution in [0.2, 0.25) is 0 Å². The largest absolute Gasteiger partial charge is 0.335 e. The lowest BCUT2D eigenvalue weighted by atomic mass is 10.0. The summed E-state index contributed by atoms with van der Waals surface area (Å²) >= 11 is 0. The van der Waals surface area contributed by atoms with Crippen LogP contribution in [0.4, 0.5) is 0 Å². The van der Waals surface area contributed by atoms with E-state index in [2.05, 4.69) is 0 Å². The first-order valence-electron chi connectivity index (χ1n) is 7.44. The predicted molar refractivity (Wildman–Crippen MR) is 83.3 cm³/mol. The molecule has 1 fully saturated rings. The van der Waals surface area contributed by atoms with E-state index in [1.54, 1.807) is 6.92 Å². The lowest BCUT2D eigenvalue weighted by Gasteiger charge is -2.24. The molecule has 0 aromatic heterocycles. The second-order valence-corrected chi connectivity index (χ2v) is 5.76. The van der Waals surface area contributed by atoms with Crippen molar-refractivity contribution in [3.63, 3.8) is 0 Å². The van der Waals surface area contributed by atoms with E-state index in [9.17, 15) is 9.59 Å². The van der Waals surface area contributed by atoms with Crippen LogP contribution in [0.1, 0.15) is 36.5 Å². The van der Waals surface area contributed by atoms with E-state index in [1.165, 1.54) is 0 Å². The van der Waals surface area contributed by atoms with Gasteiger partial charge in [-0.1, -0.05) is 30.3 Å². The van der Waals surface area contributed by atoms with Crippen LogP contribution in [-0.2, 0) is 4.79 Å². The molecule has 3 nitrogen and oxygen atoms in total. The van der Waals surface area contributed by atoms with Gasteiger partial charge in [0, 0.05) is 24.6 Å². The highest BCUT2D eigenvalue weighted by molar-refractivity contribution is 5.99. The number of nitrogens with zero attached hydrogens (tertiary/aromatic N) is 1. The zero-order valence-electron chi connectivity index (χ0n) is 12.2. The number of amides is 1. The number of hydrogen-bond donors (Lipinski definition) is 0. The molecule has 1 unspecified atom stereocenters. The molecule has 0 saturated carbocycles. The van der Waals surface area contributed by atoms with E-state index in [-0.39, 0.29) is 17.7 Å². The van der Waals surface area contributed by atoms with Crippen LogP contribution in [0, 0.1) is 0 Å². The minimum Gasteiger partial charge on any atom is -0.335 e. The van der Waals surface area contributed by atoms with Crippen molar-refractivity contribution in [2.24, 2.45) is 0 Å². The molecule has 1 saturated heterocycles. The summed E-state index contributed by atoms with van der Waals surface area (Å²) in [6.45, 7) is 2.35. The molecular weight excluding hydrogens is 262 g/mol. The number of benzene rings is 2. The molecule has 0 radical (unpaired) electrons. The third-order valence-electron chi connectivity index (χ3n) is 4.16. The lowest BCUT2D eigenvalue weighted by molar-refractivity contribution is -0.117. The lowest BCUT2D eigenvalue weighted by Crippen LogP contribution is -2.36. The maximum absolute atomic E-state index is 12.7. The number of hydrogen-bond acceptors (Lipinski definition) is 2. The molecule has 21 heavy (non-hydrogen) atoms. The Kier molecular flexibility index (Phi) is 3.74. The third kappa shape index (κ3) is 2.82. The molecule has 0 bridgehead atoms. The van der Waals surface area contributed by atoms with E-state index in [0.717, 1.165) is 30.2 Å². The summed E-state index contributed by atoms with van der Waals surface area (Å²) in [5, 5.41) is 2.21. The quantitative estimate of drug-likeness (QED) is 0.864. The Morgan fingerprint density at radius 2 is 1.90 bits per heavy atom. The normalized spacial score (nSPS) is 18.1. The average Bonchev–Trinajstić information content (AvgIpc) is 2.93. The molecule has 1 amide bonds. The molecule has 3 heteroatoms. The predicted octanol–water partition coefficient (Wildman–Crippen LogP) is 3.42. The van der Waals surface area contributed by atoms with Crippen LogP contribution in [0.5, 0.6) is 0 Å². The number of fused-ring (bicyclic) bond motifs is 1. The van der Waals surface area contributed by atoms with Crippen molar-refractivity contribution in [3.8, 4) is 0 Å². The molecule has 108 valence electrons. The zero-order valence-corrected chi connectivity index (χ0v) is 12.2. The van der Waals surface area contributed by atoms with Crippen molar-refractivity contribution >= 4 is 22.5 Å². The number of Topliss-reactive ketones (excluding diaryl/α,β-unsaturated/α-hetero) is 1. The van der Waals surface area contributed by atoms with Crippen molar-refractivity contribution in [1.29, 1.82) is 0 Å². The molecule has 1 aliphatic rings. The van der Waals surface area contributed by atoms with Crippen LogP contribution in [0.15, 0.2) is 42.5 Å². The van der Waals surface area contributed by atoms with Crippen molar-refractivity contribution in [1.82, 2.24) is 4.90 Å². The van der Waals surface area contributed by atoms with Gasteiger partial charge in [-0.25, -0.2) is 0 Å². The Hall–Kier alpha value is -2.16. The summed E-state index contributed by atoms with van der Waals surface area (Å²) in [4.78, 5) is 25.9. The van der Waals surface area contributed by atoms with Crippen molar-refractivity contribution < 1.29 is 9.59 Å². The Labute approximate surface area is 124 Å². The second-order valence-electron chi connectivity index (χ2n) is 5.76. The molecule has 1 heterocycles. The van der Waals surface area contributed by atoms with Crippen molar-refractivity contribution in [3.05, 3.63) is 48.0 Å². The topological polar surface area (TPSA) is 37.4 Å². The van der Waals surface area contributed by atoms with Gasteiger partial charge in [0.1, 0.15) is 5.78 Å². The fourth-order valence-corrected chi connectivity index (χ4v) is 3.14. The standard InChI is InChI=1S/C18H19NO2/c1-13(20)11-17-7-4-10-19(17)18(21)16-9-8-14-5-2-3-6-15(14)12-16/h2-3,5-6,8-9,12,17H,4,7,10-11H2,1H3. The molecule has 1 aliphatic heterocycles. The summed E-state index contributed by atoms with van der Waals surface area (Å²) in [5.41, 5.74) is 0.712. The SMILES string of the molecule is CC(=O)CC1CCCN1C(=O)c1ccc2ccccc2c1. The van der Waals surface area contributed by atoms with Crippen LogP contribution >= 0.6 is 0 Å². The van der Waals surface area contributed by atoms with Gasteiger partial charge in [-0.3, -0.25) is 9.59 Å². The van der Waals surface area contributed by atoms with Gasteiger partial charge in [-0.05, 0) is 42.7 Å². The summed E-state index contributed by atoms with van der Waals surface area (Å²) in [7, 11) is 0. The highest BCUT2D eigenvalue weighted by Gasteiger charge is 2.30. The maximum atomic E-state index is 12.7. The first-order chi connectivity index (χ1) is 10.1. The van der Waals surface area contributed by atoms with Crippen molar-refractivity contribution in [2.45, 2.75) is 32.2 Å². The second kappa shape index (κ2) is 5.68. The molecular formula is C18H19NO2. The smallest absolute Gasteiger partial charge is 0.254 e. The van der Waals surface area contributed by atoms with Gasteiger partial charge in [-0.2, -0.15) is 0 Å².